The Labute approximate surface area is 119 Å². The molecule has 2 aliphatic heterocycles. The van der Waals surface area contributed by atoms with E-state index in [1.165, 1.54) is 71.0 Å². The maximum absolute atomic E-state index is 3.74. The first-order valence-electron chi connectivity index (χ1n) is 8.61. The molecule has 1 aliphatic carbocycles. The third kappa shape index (κ3) is 3.33. The number of nitrogens with one attached hydrogen (secondary N) is 1. The minimum atomic E-state index is 0.610. The summed E-state index contributed by atoms with van der Waals surface area (Å²) in [6, 6.07) is 1.74. The van der Waals surface area contributed by atoms with Crippen LogP contribution in [0.25, 0.3) is 0 Å². The standard InChI is InChI=1S/C17H32N2/c1-17(2)9-7-15(8-10-17)19-12-4-5-14(13-19)16-6-3-11-18-16/h14-16,18H,3-13H2,1-2H3. The molecule has 0 bridgehead atoms. The fraction of sp³-hybridized carbons (Fsp3) is 1.00. The van der Waals surface area contributed by atoms with Gasteiger partial charge < -0.3 is 10.2 Å². The van der Waals surface area contributed by atoms with Crippen molar-refractivity contribution in [3.63, 3.8) is 0 Å². The molecule has 110 valence electrons. The van der Waals surface area contributed by atoms with Gasteiger partial charge in [-0.3, -0.25) is 0 Å². The Morgan fingerprint density at radius 3 is 2.47 bits per heavy atom. The molecule has 3 aliphatic rings. The number of piperidine rings is 1. The maximum Gasteiger partial charge on any atom is 0.0108 e. The van der Waals surface area contributed by atoms with Crippen molar-refractivity contribution in [2.45, 2.75) is 77.3 Å². The average molecular weight is 264 g/mol. The molecule has 2 nitrogen and oxygen atoms in total. The molecule has 2 heteroatoms. The fourth-order valence-electron chi connectivity index (χ4n) is 4.56. The van der Waals surface area contributed by atoms with E-state index in [9.17, 15) is 0 Å². The van der Waals surface area contributed by atoms with E-state index in [0.29, 0.717) is 5.41 Å². The molecule has 2 atom stereocenters. The number of rotatable bonds is 2. The minimum absolute atomic E-state index is 0.610. The predicted molar refractivity (Wildman–Crippen MR) is 81.4 cm³/mol. The molecule has 3 rings (SSSR count). The van der Waals surface area contributed by atoms with Crippen LogP contribution < -0.4 is 5.32 Å². The molecule has 1 saturated carbocycles. The van der Waals surface area contributed by atoms with Gasteiger partial charge >= 0.3 is 0 Å². The molecule has 2 unspecified atom stereocenters. The second-order valence-corrected chi connectivity index (χ2v) is 8.00. The lowest BCUT2D eigenvalue weighted by Crippen LogP contribution is -2.49. The third-order valence-corrected chi connectivity index (χ3v) is 5.98. The average Bonchev–Trinajstić information content (AvgIpc) is 2.93. The zero-order chi connectivity index (χ0) is 13.3. The summed E-state index contributed by atoms with van der Waals surface area (Å²) in [6.07, 6.45) is 11.5. The van der Waals surface area contributed by atoms with Gasteiger partial charge in [0.25, 0.3) is 0 Å². The van der Waals surface area contributed by atoms with Gasteiger partial charge in [-0.25, -0.2) is 0 Å². The fourth-order valence-corrected chi connectivity index (χ4v) is 4.56. The highest BCUT2D eigenvalue weighted by molar-refractivity contribution is 4.90. The number of hydrogen-bond donors (Lipinski definition) is 1. The van der Waals surface area contributed by atoms with E-state index in [1.807, 2.05) is 0 Å². The van der Waals surface area contributed by atoms with Gasteiger partial charge in [0.2, 0.25) is 0 Å². The van der Waals surface area contributed by atoms with Crippen molar-refractivity contribution in [3.05, 3.63) is 0 Å². The van der Waals surface area contributed by atoms with Gasteiger partial charge in [0.15, 0.2) is 0 Å². The van der Waals surface area contributed by atoms with Crippen molar-refractivity contribution in [2.24, 2.45) is 11.3 Å². The van der Waals surface area contributed by atoms with Gasteiger partial charge in [0.05, 0.1) is 0 Å². The largest absolute Gasteiger partial charge is 0.314 e. The highest BCUT2D eigenvalue weighted by Crippen LogP contribution is 2.38. The Bertz CT molecular complexity index is 284. The van der Waals surface area contributed by atoms with E-state index in [-0.39, 0.29) is 0 Å². The summed E-state index contributed by atoms with van der Waals surface area (Å²) in [5.41, 5.74) is 0.610. The monoisotopic (exact) mass is 264 g/mol. The summed E-state index contributed by atoms with van der Waals surface area (Å²) >= 11 is 0. The van der Waals surface area contributed by atoms with E-state index < -0.39 is 0 Å². The number of likely N-dealkylation sites (tertiary alicyclic amines) is 1. The van der Waals surface area contributed by atoms with Crippen LogP contribution in [0.3, 0.4) is 0 Å². The second kappa shape index (κ2) is 5.73. The summed E-state index contributed by atoms with van der Waals surface area (Å²) < 4.78 is 0. The Morgan fingerprint density at radius 2 is 1.79 bits per heavy atom. The summed E-state index contributed by atoms with van der Waals surface area (Å²) in [4.78, 5) is 2.85. The van der Waals surface area contributed by atoms with Crippen molar-refractivity contribution >= 4 is 0 Å². The lowest BCUT2D eigenvalue weighted by molar-refractivity contribution is 0.0614. The van der Waals surface area contributed by atoms with Crippen LogP contribution in [0.4, 0.5) is 0 Å². The number of nitrogens with zero attached hydrogens (tertiary/aromatic N) is 1. The Morgan fingerprint density at radius 1 is 1.00 bits per heavy atom. The molecule has 0 aromatic heterocycles. The van der Waals surface area contributed by atoms with Gasteiger partial charge in [0, 0.05) is 18.6 Å². The van der Waals surface area contributed by atoms with Gasteiger partial charge in [-0.2, -0.15) is 0 Å². The van der Waals surface area contributed by atoms with Gasteiger partial charge in [-0.05, 0) is 75.8 Å². The van der Waals surface area contributed by atoms with Crippen LogP contribution in [-0.2, 0) is 0 Å². The molecule has 2 heterocycles. The quantitative estimate of drug-likeness (QED) is 0.822. The van der Waals surface area contributed by atoms with Crippen LogP contribution >= 0.6 is 0 Å². The first kappa shape index (κ1) is 13.9. The van der Waals surface area contributed by atoms with Crippen LogP contribution in [0, 0.1) is 11.3 Å². The first-order chi connectivity index (χ1) is 9.14. The predicted octanol–water partition coefficient (Wildman–Crippen LogP) is 3.42. The van der Waals surface area contributed by atoms with Gasteiger partial charge in [0.1, 0.15) is 0 Å². The molecule has 2 saturated heterocycles. The molecule has 0 spiro atoms. The second-order valence-electron chi connectivity index (χ2n) is 8.00. The summed E-state index contributed by atoms with van der Waals surface area (Å²) in [6.45, 7) is 8.91. The number of hydrogen-bond acceptors (Lipinski definition) is 2. The molecule has 1 N–H and O–H groups in total. The molecule has 19 heavy (non-hydrogen) atoms. The molecule has 0 amide bonds. The zero-order valence-corrected chi connectivity index (χ0v) is 13.0. The van der Waals surface area contributed by atoms with Crippen molar-refractivity contribution in [1.29, 1.82) is 0 Å². The first-order valence-corrected chi connectivity index (χ1v) is 8.61. The minimum Gasteiger partial charge on any atom is -0.314 e. The summed E-state index contributed by atoms with van der Waals surface area (Å²) in [5.74, 6) is 0.936. The summed E-state index contributed by atoms with van der Waals surface area (Å²) in [5, 5.41) is 3.74. The topological polar surface area (TPSA) is 15.3 Å². The lowest BCUT2D eigenvalue weighted by Gasteiger charge is -2.44. The smallest absolute Gasteiger partial charge is 0.0108 e. The lowest BCUT2D eigenvalue weighted by atomic mass is 9.74. The Hall–Kier alpha value is -0.0800. The van der Waals surface area contributed by atoms with Crippen molar-refractivity contribution < 1.29 is 0 Å². The van der Waals surface area contributed by atoms with Crippen LogP contribution in [0.5, 0.6) is 0 Å². The van der Waals surface area contributed by atoms with E-state index in [1.54, 1.807) is 0 Å². The third-order valence-electron chi connectivity index (χ3n) is 5.98. The van der Waals surface area contributed by atoms with Gasteiger partial charge in [-0.1, -0.05) is 13.8 Å². The highest BCUT2D eigenvalue weighted by Gasteiger charge is 2.34. The van der Waals surface area contributed by atoms with E-state index in [4.69, 9.17) is 0 Å². The van der Waals surface area contributed by atoms with Crippen molar-refractivity contribution in [2.75, 3.05) is 19.6 Å². The van der Waals surface area contributed by atoms with Crippen LogP contribution in [0.15, 0.2) is 0 Å². The van der Waals surface area contributed by atoms with Crippen LogP contribution in [-0.4, -0.2) is 36.6 Å². The van der Waals surface area contributed by atoms with Crippen molar-refractivity contribution in [3.8, 4) is 0 Å². The van der Waals surface area contributed by atoms with Gasteiger partial charge in [-0.15, -0.1) is 0 Å². The molecule has 3 fully saturated rings. The molecule has 0 radical (unpaired) electrons. The highest BCUT2D eigenvalue weighted by atomic mass is 15.2. The molecule has 0 aromatic carbocycles. The molecular formula is C17H32N2. The molecular weight excluding hydrogens is 232 g/mol. The Kier molecular flexibility index (Phi) is 4.19. The van der Waals surface area contributed by atoms with Crippen LogP contribution in [0.2, 0.25) is 0 Å². The van der Waals surface area contributed by atoms with Crippen molar-refractivity contribution in [1.82, 2.24) is 10.2 Å². The summed E-state index contributed by atoms with van der Waals surface area (Å²) in [7, 11) is 0. The van der Waals surface area contributed by atoms with Crippen LogP contribution in [0.1, 0.15) is 65.2 Å². The van der Waals surface area contributed by atoms with E-state index in [2.05, 4.69) is 24.1 Å². The maximum atomic E-state index is 3.74. The molecule has 0 aromatic rings. The van der Waals surface area contributed by atoms with E-state index >= 15 is 0 Å². The Balaban J connectivity index is 1.53. The normalized spacial score (nSPS) is 37.6. The SMILES string of the molecule is CC1(C)CCC(N2CCCC(C3CCCN3)C2)CC1. The zero-order valence-electron chi connectivity index (χ0n) is 13.0. The van der Waals surface area contributed by atoms with E-state index in [0.717, 1.165) is 18.0 Å².